The quantitative estimate of drug-likeness (QED) is 0.553. The van der Waals surface area contributed by atoms with Crippen molar-refractivity contribution in [3.63, 3.8) is 0 Å². The maximum Gasteiger partial charge on any atom is 0.161 e. The number of rotatable bonds is 5. The number of phenolic OH excluding ortho intramolecular Hbond substituents is 1. The summed E-state index contributed by atoms with van der Waals surface area (Å²) in [6.45, 7) is 0. The van der Waals surface area contributed by atoms with Crippen LogP contribution in [0.1, 0.15) is 5.56 Å². The van der Waals surface area contributed by atoms with E-state index >= 15 is 0 Å². The van der Waals surface area contributed by atoms with Crippen molar-refractivity contribution in [1.29, 1.82) is 0 Å². The number of phenols is 1. The molecule has 0 aliphatic heterocycles. The third-order valence-corrected chi connectivity index (χ3v) is 3.53. The molecule has 0 heterocycles. The molecule has 3 aromatic carbocycles. The van der Waals surface area contributed by atoms with E-state index in [9.17, 15) is 5.11 Å². The Morgan fingerprint density at radius 3 is 2.00 bits per heavy atom. The van der Waals surface area contributed by atoms with Crippen LogP contribution in [0.3, 0.4) is 0 Å². The summed E-state index contributed by atoms with van der Waals surface area (Å²) < 4.78 is 5.14. The minimum absolute atomic E-state index is 0.109. The highest BCUT2D eigenvalue weighted by atomic mass is 16.5. The molecule has 120 valence electrons. The second-order valence-electron chi connectivity index (χ2n) is 5.16. The zero-order valence-corrected chi connectivity index (χ0v) is 13.3. The third kappa shape index (κ3) is 3.55. The molecule has 0 atom stereocenters. The lowest BCUT2D eigenvalue weighted by Crippen LogP contribution is -2.09. The summed E-state index contributed by atoms with van der Waals surface area (Å²) in [5.74, 6) is 0.530. The summed E-state index contributed by atoms with van der Waals surface area (Å²) in [5, 5.41) is 16.2. The third-order valence-electron chi connectivity index (χ3n) is 3.53. The predicted molar refractivity (Wildman–Crippen MR) is 97.3 cm³/mol. The van der Waals surface area contributed by atoms with Crippen LogP contribution >= 0.6 is 0 Å². The van der Waals surface area contributed by atoms with E-state index in [4.69, 9.17) is 4.74 Å². The monoisotopic (exact) mass is 318 g/mol. The highest BCUT2D eigenvalue weighted by molar-refractivity contribution is 5.82. The van der Waals surface area contributed by atoms with Crippen molar-refractivity contribution < 1.29 is 9.84 Å². The molecule has 0 aliphatic rings. The molecule has 0 aromatic heterocycles. The first-order valence-corrected chi connectivity index (χ1v) is 7.59. The maximum atomic E-state index is 9.69. The van der Waals surface area contributed by atoms with Crippen LogP contribution < -0.4 is 9.75 Å². The van der Waals surface area contributed by atoms with Gasteiger partial charge in [0.05, 0.1) is 24.7 Å². The lowest BCUT2D eigenvalue weighted by molar-refractivity contribution is 0.373. The number of benzene rings is 3. The van der Waals surface area contributed by atoms with E-state index in [1.54, 1.807) is 24.4 Å². The summed E-state index contributed by atoms with van der Waals surface area (Å²) in [4.78, 5) is 0. The molecule has 0 saturated carbocycles. The number of hydrazone groups is 1. The van der Waals surface area contributed by atoms with Gasteiger partial charge in [-0.1, -0.05) is 36.4 Å². The molecule has 0 saturated heterocycles. The van der Waals surface area contributed by atoms with Gasteiger partial charge in [-0.15, -0.1) is 0 Å². The van der Waals surface area contributed by atoms with E-state index in [1.165, 1.54) is 7.11 Å². The smallest absolute Gasteiger partial charge is 0.161 e. The number of hydrogen-bond donors (Lipinski definition) is 1. The van der Waals surface area contributed by atoms with Crippen LogP contribution in [0.5, 0.6) is 11.5 Å². The second kappa shape index (κ2) is 7.33. The molecular formula is C20H18N2O2. The fourth-order valence-corrected chi connectivity index (χ4v) is 2.32. The second-order valence-corrected chi connectivity index (χ2v) is 5.16. The SMILES string of the molecule is COc1cc(C=NN(c2ccccc2)c2ccccc2)ccc1O. The van der Waals surface area contributed by atoms with E-state index in [-0.39, 0.29) is 5.75 Å². The molecule has 3 rings (SSSR count). The Kier molecular flexibility index (Phi) is 4.77. The van der Waals surface area contributed by atoms with Gasteiger partial charge in [-0.2, -0.15) is 5.10 Å². The van der Waals surface area contributed by atoms with Gasteiger partial charge in [0.2, 0.25) is 0 Å². The molecule has 4 nitrogen and oxygen atoms in total. The van der Waals surface area contributed by atoms with Gasteiger partial charge in [0.1, 0.15) is 0 Å². The Labute approximate surface area is 141 Å². The lowest BCUT2D eigenvalue weighted by atomic mass is 10.2. The molecule has 0 aliphatic carbocycles. The fraction of sp³-hybridized carbons (Fsp3) is 0.0500. The number of hydrogen-bond acceptors (Lipinski definition) is 4. The molecule has 0 unspecified atom stereocenters. The molecule has 0 amide bonds. The number of para-hydroxylation sites is 2. The van der Waals surface area contributed by atoms with Gasteiger partial charge in [0.15, 0.2) is 11.5 Å². The highest BCUT2D eigenvalue weighted by Gasteiger charge is 2.07. The van der Waals surface area contributed by atoms with E-state index in [0.717, 1.165) is 16.9 Å². The van der Waals surface area contributed by atoms with Gasteiger partial charge in [0.25, 0.3) is 0 Å². The topological polar surface area (TPSA) is 45.1 Å². The summed E-state index contributed by atoms with van der Waals surface area (Å²) in [6, 6.07) is 25.0. The predicted octanol–water partition coefficient (Wildman–Crippen LogP) is 4.57. The van der Waals surface area contributed by atoms with Gasteiger partial charge in [-0.3, -0.25) is 0 Å². The van der Waals surface area contributed by atoms with Crippen LogP contribution in [0.15, 0.2) is 84.0 Å². The number of methoxy groups -OCH3 is 1. The van der Waals surface area contributed by atoms with Gasteiger partial charge in [-0.25, -0.2) is 5.01 Å². The van der Waals surface area contributed by atoms with Crippen molar-refractivity contribution in [1.82, 2.24) is 0 Å². The first kappa shape index (κ1) is 15.6. The Hall–Kier alpha value is -3.27. The van der Waals surface area contributed by atoms with Crippen LogP contribution in [0.2, 0.25) is 0 Å². The maximum absolute atomic E-state index is 9.69. The minimum atomic E-state index is 0.109. The summed E-state index contributed by atoms with van der Waals surface area (Å²) in [5.41, 5.74) is 2.76. The average molecular weight is 318 g/mol. The molecule has 0 spiro atoms. The van der Waals surface area contributed by atoms with E-state index in [1.807, 2.05) is 65.7 Å². The molecule has 1 N–H and O–H groups in total. The van der Waals surface area contributed by atoms with E-state index < -0.39 is 0 Å². The number of anilines is 2. The van der Waals surface area contributed by atoms with Crippen molar-refractivity contribution in [2.45, 2.75) is 0 Å². The molecule has 4 heteroatoms. The summed E-state index contributed by atoms with van der Waals surface area (Å²) in [6.07, 6.45) is 1.74. The first-order valence-electron chi connectivity index (χ1n) is 7.59. The van der Waals surface area contributed by atoms with Crippen LogP contribution in [-0.4, -0.2) is 18.4 Å². The number of ether oxygens (including phenoxy) is 1. The largest absolute Gasteiger partial charge is 0.504 e. The summed E-state index contributed by atoms with van der Waals surface area (Å²) >= 11 is 0. The molecule has 24 heavy (non-hydrogen) atoms. The van der Waals surface area contributed by atoms with Crippen molar-refractivity contribution in [2.24, 2.45) is 5.10 Å². The number of aromatic hydroxyl groups is 1. The van der Waals surface area contributed by atoms with Crippen molar-refractivity contribution in [3.05, 3.63) is 84.4 Å². The standard InChI is InChI=1S/C20H18N2O2/c1-24-20-14-16(12-13-19(20)23)15-21-22(17-8-4-2-5-9-17)18-10-6-3-7-11-18/h2-15,23H,1H3. The Morgan fingerprint density at radius 2 is 1.46 bits per heavy atom. The molecule has 3 aromatic rings. The molecule has 0 bridgehead atoms. The molecular weight excluding hydrogens is 300 g/mol. The number of nitrogens with zero attached hydrogens (tertiary/aromatic N) is 2. The van der Waals surface area contributed by atoms with Crippen LogP contribution in [0, 0.1) is 0 Å². The van der Waals surface area contributed by atoms with Crippen molar-refractivity contribution >= 4 is 17.6 Å². The zero-order chi connectivity index (χ0) is 16.8. The summed E-state index contributed by atoms with van der Waals surface area (Å²) in [7, 11) is 1.52. The molecule has 0 radical (unpaired) electrons. The van der Waals surface area contributed by atoms with Crippen LogP contribution in [0.25, 0.3) is 0 Å². The van der Waals surface area contributed by atoms with Gasteiger partial charge in [-0.05, 0) is 48.0 Å². The Bertz CT molecular complexity index is 778. The first-order chi connectivity index (χ1) is 11.8. The van der Waals surface area contributed by atoms with E-state index in [0.29, 0.717) is 5.75 Å². The van der Waals surface area contributed by atoms with Crippen molar-refractivity contribution in [3.8, 4) is 11.5 Å². The minimum Gasteiger partial charge on any atom is -0.504 e. The molecule has 0 fully saturated rings. The van der Waals surface area contributed by atoms with Crippen LogP contribution in [-0.2, 0) is 0 Å². The normalized spacial score (nSPS) is 10.7. The lowest BCUT2D eigenvalue weighted by Gasteiger charge is -2.19. The van der Waals surface area contributed by atoms with Gasteiger partial charge < -0.3 is 9.84 Å². The Balaban J connectivity index is 1.95. The van der Waals surface area contributed by atoms with Crippen molar-refractivity contribution in [2.75, 3.05) is 12.1 Å². The highest BCUT2D eigenvalue weighted by Crippen LogP contribution is 2.27. The van der Waals surface area contributed by atoms with Gasteiger partial charge in [0, 0.05) is 0 Å². The van der Waals surface area contributed by atoms with E-state index in [2.05, 4.69) is 5.10 Å². The fourth-order valence-electron chi connectivity index (χ4n) is 2.32. The Morgan fingerprint density at radius 1 is 0.875 bits per heavy atom. The van der Waals surface area contributed by atoms with Gasteiger partial charge >= 0.3 is 0 Å². The average Bonchev–Trinajstić information content (AvgIpc) is 2.65. The van der Waals surface area contributed by atoms with Crippen LogP contribution in [0.4, 0.5) is 11.4 Å². The zero-order valence-electron chi connectivity index (χ0n) is 13.3.